The third-order valence-electron chi connectivity index (χ3n) is 3.52. The van der Waals surface area contributed by atoms with E-state index in [9.17, 15) is 9.59 Å². The third kappa shape index (κ3) is 4.73. The number of amides is 1. The number of rotatable bonds is 8. The molecule has 0 atom stereocenters. The van der Waals surface area contributed by atoms with Crippen LogP contribution < -0.4 is 11.1 Å². The fourth-order valence-corrected chi connectivity index (χ4v) is 2.16. The van der Waals surface area contributed by atoms with Gasteiger partial charge in [0.15, 0.2) is 0 Å². The molecule has 5 nitrogen and oxygen atoms in total. The van der Waals surface area contributed by atoms with Crippen LogP contribution in [-0.4, -0.2) is 30.1 Å². The first-order chi connectivity index (χ1) is 8.08. The monoisotopic (exact) mass is 242 g/mol. The summed E-state index contributed by atoms with van der Waals surface area (Å²) in [5.41, 5.74) is 5.73. The molecule has 0 spiro atoms. The van der Waals surface area contributed by atoms with Crippen LogP contribution in [0.4, 0.5) is 0 Å². The van der Waals surface area contributed by atoms with Crippen molar-refractivity contribution in [2.24, 2.45) is 11.1 Å². The van der Waals surface area contributed by atoms with Crippen molar-refractivity contribution in [2.45, 2.75) is 44.9 Å². The molecule has 1 saturated carbocycles. The normalized spacial score (nSPS) is 17.2. The number of hydrogen-bond donors (Lipinski definition) is 3. The Labute approximate surface area is 102 Å². The van der Waals surface area contributed by atoms with Crippen molar-refractivity contribution in [2.75, 3.05) is 13.1 Å². The predicted octanol–water partition coefficient (Wildman–Crippen LogP) is 0.877. The van der Waals surface area contributed by atoms with E-state index in [4.69, 9.17) is 10.8 Å². The van der Waals surface area contributed by atoms with E-state index in [2.05, 4.69) is 5.32 Å². The highest BCUT2D eigenvalue weighted by molar-refractivity contribution is 5.76. The molecule has 0 aromatic rings. The van der Waals surface area contributed by atoms with Gasteiger partial charge in [0.1, 0.15) is 0 Å². The van der Waals surface area contributed by atoms with E-state index < -0.39 is 5.97 Å². The zero-order valence-electron chi connectivity index (χ0n) is 10.2. The first-order valence-corrected chi connectivity index (χ1v) is 6.26. The average Bonchev–Trinajstić information content (AvgIpc) is 2.22. The molecule has 0 aromatic carbocycles. The number of nitrogens with one attached hydrogen (secondary N) is 1. The Hall–Kier alpha value is -1.10. The number of carboxylic acid groups (broad SMARTS) is 1. The molecule has 4 N–H and O–H groups in total. The van der Waals surface area contributed by atoms with Gasteiger partial charge in [0.05, 0.1) is 0 Å². The minimum atomic E-state index is -0.784. The van der Waals surface area contributed by atoms with Crippen molar-refractivity contribution >= 4 is 11.9 Å². The van der Waals surface area contributed by atoms with Gasteiger partial charge < -0.3 is 16.2 Å². The van der Waals surface area contributed by atoms with Gasteiger partial charge in [-0.2, -0.15) is 0 Å². The molecule has 0 aromatic heterocycles. The molecule has 17 heavy (non-hydrogen) atoms. The molecule has 1 amide bonds. The van der Waals surface area contributed by atoms with Crippen LogP contribution in [0.15, 0.2) is 0 Å². The molecule has 0 aliphatic heterocycles. The molecular weight excluding hydrogens is 220 g/mol. The molecule has 0 saturated heterocycles. The predicted molar refractivity (Wildman–Crippen MR) is 64.5 cm³/mol. The molecule has 1 rings (SSSR count). The van der Waals surface area contributed by atoms with Crippen LogP contribution in [0.5, 0.6) is 0 Å². The van der Waals surface area contributed by atoms with Crippen LogP contribution in [-0.2, 0) is 9.59 Å². The molecule has 98 valence electrons. The number of carbonyl (C=O) groups excluding carboxylic acids is 1. The minimum Gasteiger partial charge on any atom is -0.481 e. The third-order valence-corrected chi connectivity index (χ3v) is 3.52. The Morgan fingerprint density at radius 1 is 1.29 bits per heavy atom. The Morgan fingerprint density at radius 3 is 2.47 bits per heavy atom. The summed E-state index contributed by atoms with van der Waals surface area (Å²) in [6.07, 6.45) is 5.28. The maximum Gasteiger partial charge on any atom is 0.303 e. The summed E-state index contributed by atoms with van der Waals surface area (Å²) in [5, 5.41) is 11.3. The van der Waals surface area contributed by atoms with Crippen LogP contribution in [0.25, 0.3) is 0 Å². The Kier molecular flexibility index (Phi) is 5.41. The van der Waals surface area contributed by atoms with Crippen LogP contribution >= 0.6 is 0 Å². The van der Waals surface area contributed by atoms with Crippen molar-refractivity contribution < 1.29 is 14.7 Å². The van der Waals surface area contributed by atoms with E-state index in [-0.39, 0.29) is 17.7 Å². The van der Waals surface area contributed by atoms with Crippen molar-refractivity contribution in [1.82, 2.24) is 5.32 Å². The quantitative estimate of drug-likeness (QED) is 0.551. The summed E-state index contributed by atoms with van der Waals surface area (Å²) in [7, 11) is 0. The van der Waals surface area contributed by atoms with Gasteiger partial charge in [0, 0.05) is 19.4 Å². The summed E-state index contributed by atoms with van der Waals surface area (Å²) in [4.78, 5) is 21.9. The van der Waals surface area contributed by atoms with Crippen LogP contribution in [0, 0.1) is 5.41 Å². The van der Waals surface area contributed by atoms with Gasteiger partial charge in [0.2, 0.25) is 5.91 Å². The summed E-state index contributed by atoms with van der Waals surface area (Å²) in [6.45, 7) is 1.15. The van der Waals surface area contributed by atoms with E-state index in [0.717, 1.165) is 12.8 Å². The Balaban J connectivity index is 2.07. The summed E-state index contributed by atoms with van der Waals surface area (Å²) in [5.74, 6) is -0.738. The maximum atomic E-state index is 11.6. The van der Waals surface area contributed by atoms with Crippen LogP contribution in [0.3, 0.4) is 0 Å². The molecule has 1 aliphatic carbocycles. The lowest BCUT2D eigenvalue weighted by molar-refractivity contribution is -0.137. The molecule has 0 bridgehead atoms. The molecule has 0 radical (unpaired) electrons. The van der Waals surface area contributed by atoms with Gasteiger partial charge in [-0.15, -0.1) is 0 Å². The fourth-order valence-electron chi connectivity index (χ4n) is 2.16. The lowest BCUT2D eigenvalue weighted by Gasteiger charge is -2.40. The van der Waals surface area contributed by atoms with E-state index in [0.29, 0.717) is 32.4 Å². The lowest BCUT2D eigenvalue weighted by Crippen LogP contribution is -2.42. The lowest BCUT2D eigenvalue weighted by atomic mass is 9.66. The second-order valence-electron chi connectivity index (χ2n) is 4.94. The number of nitrogens with two attached hydrogens (primary N) is 1. The van der Waals surface area contributed by atoms with Crippen molar-refractivity contribution in [3.05, 3.63) is 0 Å². The molecule has 1 aliphatic rings. The number of carboxylic acids is 1. The van der Waals surface area contributed by atoms with Gasteiger partial charge in [0.25, 0.3) is 0 Å². The van der Waals surface area contributed by atoms with Crippen molar-refractivity contribution in [3.8, 4) is 0 Å². The summed E-state index contributed by atoms with van der Waals surface area (Å²) < 4.78 is 0. The number of unbranched alkanes of at least 4 members (excludes halogenated alkanes) is 1. The highest BCUT2D eigenvalue weighted by Gasteiger charge is 2.37. The second-order valence-corrected chi connectivity index (χ2v) is 4.94. The molecular formula is C12H22N2O3. The van der Waals surface area contributed by atoms with Gasteiger partial charge >= 0.3 is 5.97 Å². The SMILES string of the molecule is NCC1(CC(=O)NCCCCC(=O)O)CCC1. The zero-order chi connectivity index (χ0) is 12.7. The van der Waals surface area contributed by atoms with Crippen LogP contribution in [0.2, 0.25) is 0 Å². The zero-order valence-corrected chi connectivity index (χ0v) is 10.2. The maximum absolute atomic E-state index is 11.6. The average molecular weight is 242 g/mol. The standard InChI is InChI=1S/C12H22N2O3/c13-9-12(5-3-6-12)8-10(15)14-7-2-1-4-11(16)17/h1-9,13H2,(H,14,15)(H,16,17). The number of carbonyl (C=O) groups is 2. The van der Waals surface area contributed by atoms with E-state index >= 15 is 0 Å². The highest BCUT2D eigenvalue weighted by atomic mass is 16.4. The Morgan fingerprint density at radius 2 is 2.00 bits per heavy atom. The molecule has 0 heterocycles. The topological polar surface area (TPSA) is 92.4 Å². The van der Waals surface area contributed by atoms with Crippen LogP contribution in [0.1, 0.15) is 44.9 Å². The highest BCUT2D eigenvalue weighted by Crippen LogP contribution is 2.42. The summed E-state index contributed by atoms with van der Waals surface area (Å²) >= 11 is 0. The first-order valence-electron chi connectivity index (χ1n) is 6.26. The van der Waals surface area contributed by atoms with E-state index in [1.807, 2.05) is 0 Å². The molecule has 5 heteroatoms. The van der Waals surface area contributed by atoms with Gasteiger partial charge in [-0.1, -0.05) is 6.42 Å². The van der Waals surface area contributed by atoms with Gasteiger partial charge in [-0.05, 0) is 37.6 Å². The largest absolute Gasteiger partial charge is 0.481 e. The minimum absolute atomic E-state index is 0.0467. The Bertz CT molecular complexity index is 269. The molecule has 1 fully saturated rings. The van der Waals surface area contributed by atoms with Crippen molar-refractivity contribution in [1.29, 1.82) is 0 Å². The van der Waals surface area contributed by atoms with Gasteiger partial charge in [-0.25, -0.2) is 0 Å². The summed E-state index contributed by atoms with van der Waals surface area (Å²) in [6, 6.07) is 0. The fraction of sp³-hybridized carbons (Fsp3) is 0.833. The second kappa shape index (κ2) is 6.59. The number of hydrogen-bond acceptors (Lipinski definition) is 3. The van der Waals surface area contributed by atoms with Gasteiger partial charge in [-0.3, -0.25) is 9.59 Å². The number of aliphatic carboxylic acids is 1. The van der Waals surface area contributed by atoms with E-state index in [1.165, 1.54) is 6.42 Å². The first kappa shape index (κ1) is 14.0. The van der Waals surface area contributed by atoms with Crippen molar-refractivity contribution in [3.63, 3.8) is 0 Å². The molecule has 0 unspecified atom stereocenters. The smallest absolute Gasteiger partial charge is 0.303 e. The van der Waals surface area contributed by atoms with E-state index in [1.54, 1.807) is 0 Å².